The maximum absolute atomic E-state index is 8.66. The van der Waals surface area contributed by atoms with E-state index in [0.717, 1.165) is 31.8 Å². The Bertz CT molecular complexity index is 98.9. The molecule has 2 nitrogen and oxygen atoms in total. The highest BCUT2D eigenvalue weighted by atomic mass is 32.2. The third-order valence-electron chi connectivity index (χ3n) is 1.81. The first-order chi connectivity index (χ1) is 6.31. The molecule has 0 bridgehead atoms. The van der Waals surface area contributed by atoms with Crippen molar-refractivity contribution in [2.45, 2.75) is 38.4 Å². The standard InChI is InChI=1S/C10H22O2S/c1-3-4-7-12-8-9-13-10(2)5-6-11/h10-11H,3-9H2,1-2H3. The van der Waals surface area contributed by atoms with E-state index >= 15 is 0 Å². The van der Waals surface area contributed by atoms with Gasteiger partial charge in [-0.2, -0.15) is 11.8 Å². The Morgan fingerprint density at radius 2 is 2.15 bits per heavy atom. The van der Waals surface area contributed by atoms with Crippen LogP contribution in [0.25, 0.3) is 0 Å². The minimum atomic E-state index is 0.296. The molecule has 0 aliphatic carbocycles. The average molecular weight is 206 g/mol. The summed E-state index contributed by atoms with van der Waals surface area (Å²) in [5.41, 5.74) is 0. The molecule has 0 aliphatic heterocycles. The minimum Gasteiger partial charge on any atom is -0.396 e. The number of ether oxygens (including phenoxy) is 1. The van der Waals surface area contributed by atoms with E-state index in [4.69, 9.17) is 9.84 Å². The van der Waals surface area contributed by atoms with Crippen molar-refractivity contribution in [2.75, 3.05) is 25.6 Å². The number of hydrogen-bond acceptors (Lipinski definition) is 3. The quantitative estimate of drug-likeness (QED) is 0.587. The van der Waals surface area contributed by atoms with E-state index in [2.05, 4.69) is 13.8 Å². The molecule has 1 atom stereocenters. The SMILES string of the molecule is CCCCOCCSC(C)CCO. The lowest BCUT2D eigenvalue weighted by Crippen LogP contribution is -2.05. The molecule has 0 heterocycles. The monoisotopic (exact) mass is 206 g/mol. The van der Waals surface area contributed by atoms with Crippen molar-refractivity contribution in [3.8, 4) is 0 Å². The van der Waals surface area contributed by atoms with Crippen LogP contribution >= 0.6 is 11.8 Å². The molecule has 0 saturated carbocycles. The zero-order valence-corrected chi connectivity index (χ0v) is 9.61. The lowest BCUT2D eigenvalue weighted by Gasteiger charge is -2.09. The van der Waals surface area contributed by atoms with Crippen molar-refractivity contribution in [1.29, 1.82) is 0 Å². The highest BCUT2D eigenvalue weighted by Crippen LogP contribution is 2.12. The summed E-state index contributed by atoms with van der Waals surface area (Å²) in [4.78, 5) is 0. The zero-order valence-electron chi connectivity index (χ0n) is 8.79. The van der Waals surface area contributed by atoms with Crippen LogP contribution in [-0.4, -0.2) is 35.9 Å². The van der Waals surface area contributed by atoms with Gasteiger partial charge in [0.25, 0.3) is 0 Å². The van der Waals surface area contributed by atoms with Crippen LogP contribution < -0.4 is 0 Å². The number of aliphatic hydroxyl groups is 1. The summed E-state index contributed by atoms with van der Waals surface area (Å²) in [6.07, 6.45) is 3.25. The second-order valence-corrected chi connectivity index (χ2v) is 4.71. The second kappa shape index (κ2) is 10.4. The van der Waals surface area contributed by atoms with Crippen LogP contribution in [0, 0.1) is 0 Å². The van der Waals surface area contributed by atoms with Crippen molar-refractivity contribution in [3.63, 3.8) is 0 Å². The lowest BCUT2D eigenvalue weighted by atomic mass is 10.3. The van der Waals surface area contributed by atoms with Crippen LogP contribution in [0.2, 0.25) is 0 Å². The van der Waals surface area contributed by atoms with Gasteiger partial charge in [0.15, 0.2) is 0 Å². The molecule has 0 aliphatic rings. The van der Waals surface area contributed by atoms with Crippen molar-refractivity contribution in [2.24, 2.45) is 0 Å². The van der Waals surface area contributed by atoms with Crippen LogP contribution in [0.15, 0.2) is 0 Å². The fraction of sp³-hybridized carbons (Fsp3) is 1.00. The van der Waals surface area contributed by atoms with Crippen molar-refractivity contribution < 1.29 is 9.84 Å². The van der Waals surface area contributed by atoms with Gasteiger partial charge in [0.05, 0.1) is 6.61 Å². The van der Waals surface area contributed by atoms with Gasteiger partial charge in [-0.25, -0.2) is 0 Å². The molecule has 3 heteroatoms. The maximum Gasteiger partial charge on any atom is 0.0556 e. The van der Waals surface area contributed by atoms with Crippen molar-refractivity contribution >= 4 is 11.8 Å². The molecule has 0 radical (unpaired) electrons. The predicted molar refractivity (Wildman–Crippen MR) is 59.3 cm³/mol. The molecule has 80 valence electrons. The molecular formula is C10H22O2S. The fourth-order valence-corrected chi connectivity index (χ4v) is 1.81. The molecule has 0 spiro atoms. The Morgan fingerprint density at radius 3 is 2.77 bits per heavy atom. The van der Waals surface area contributed by atoms with Gasteiger partial charge in [-0.05, 0) is 12.8 Å². The first kappa shape index (κ1) is 13.3. The molecule has 0 saturated heterocycles. The predicted octanol–water partition coefficient (Wildman–Crippen LogP) is 2.31. The van der Waals surface area contributed by atoms with E-state index in [1.165, 1.54) is 6.42 Å². The number of thioether (sulfide) groups is 1. The topological polar surface area (TPSA) is 29.5 Å². The number of hydrogen-bond donors (Lipinski definition) is 1. The van der Waals surface area contributed by atoms with E-state index in [0.29, 0.717) is 11.9 Å². The first-order valence-electron chi connectivity index (χ1n) is 5.11. The molecule has 0 rings (SSSR count). The smallest absolute Gasteiger partial charge is 0.0556 e. The second-order valence-electron chi connectivity index (χ2n) is 3.16. The van der Waals surface area contributed by atoms with E-state index in [9.17, 15) is 0 Å². The summed E-state index contributed by atoms with van der Waals surface area (Å²) in [5.74, 6) is 1.05. The van der Waals surface area contributed by atoms with Gasteiger partial charge >= 0.3 is 0 Å². The largest absolute Gasteiger partial charge is 0.396 e. The Labute approximate surface area is 86.1 Å². The Balaban J connectivity index is 2.97. The Kier molecular flexibility index (Phi) is 10.6. The van der Waals surface area contributed by atoms with Crippen LogP contribution in [0.5, 0.6) is 0 Å². The van der Waals surface area contributed by atoms with Crippen LogP contribution in [0.1, 0.15) is 33.1 Å². The molecular weight excluding hydrogens is 184 g/mol. The van der Waals surface area contributed by atoms with E-state index in [1.54, 1.807) is 0 Å². The Hall–Kier alpha value is 0.270. The number of rotatable bonds is 9. The fourth-order valence-electron chi connectivity index (χ4n) is 0.922. The number of unbranched alkanes of at least 4 members (excludes halogenated alkanes) is 1. The lowest BCUT2D eigenvalue weighted by molar-refractivity contribution is 0.147. The van der Waals surface area contributed by atoms with Gasteiger partial charge in [0.1, 0.15) is 0 Å². The third-order valence-corrected chi connectivity index (χ3v) is 3.02. The van der Waals surface area contributed by atoms with Gasteiger partial charge in [-0.15, -0.1) is 0 Å². The molecule has 0 amide bonds. The van der Waals surface area contributed by atoms with Crippen LogP contribution in [0.4, 0.5) is 0 Å². The van der Waals surface area contributed by atoms with Crippen molar-refractivity contribution in [1.82, 2.24) is 0 Å². The highest BCUT2D eigenvalue weighted by Gasteiger charge is 2.00. The molecule has 0 fully saturated rings. The average Bonchev–Trinajstić information content (AvgIpc) is 2.11. The van der Waals surface area contributed by atoms with Crippen LogP contribution in [-0.2, 0) is 4.74 Å². The van der Waals surface area contributed by atoms with Crippen LogP contribution in [0.3, 0.4) is 0 Å². The maximum atomic E-state index is 8.66. The van der Waals surface area contributed by atoms with Gasteiger partial charge in [-0.3, -0.25) is 0 Å². The molecule has 0 aromatic carbocycles. The normalized spacial score (nSPS) is 13.2. The summed E-state index contributed by atoms with van der Waals surface area (Å²) >= 11 is 1.87. The number of aliphatic hydroxyl groups excluding tert-OH is 1. The molecule has 0 aromatic rings. The summed E-state index contributed by atoms with van der Waals surface area (Å²) in [6, 6.07) is 0. The first-order valence-corrected chi connectivity index (χ1v) is 6.16. The molecule has 13 heavy (non-hydrogen) atoms. The third kappa shape index (κ3) is 10.2. The molecule has 1 N–H and O–H groups in total. The van der Waals surface area contributed by atoms with E-state index in [1.807, 2.05) is 11.8 Å². The van der Waals surface area contributed by atoms with E-state index in [-0.39, 0.29) is 0 Å². The summed E-state index contributed by atoms with van der Waals surface area (Å²) in [5, 5.41) is 9.22. The van der Waals surface area contributed by atoms with Gasteiger partial charge < -0.3 is 9.84 Å². The van der Waals surface area contributed by atoms with Gasteiger partial charge in [-0.1, -0.05) is 20.3 Å². The Morgan fingerprint density at radius 1 is 1.38 bits per heavy atom. The van der Waals surface area contributed by atoms with Gasteiger partial charge in [0.2, 0.25) is 0 Å². The summed E-state index contributed by atoms with van der Waals surface area (Å²) < 4.78 is 5.42. The van der Waals surface area contributed by atoms with Crippen molar-refractivity contribution in [3.05, 3.63) is 0 Å². The summed E-state index contributed by atoms with van der Waals surface area (Å²) in [6.45, 7) is 6.35. The minimum absolute atomic E-state index is 0.296. The molecule has 0 aromatic heterocycles. The van der Waals surface area contributed by atoms with Gasteiger partial charge in [0, 0.05) is 24.2 Å². The summed E-state index contributed by atoms with van der Waals surface area (Å²) in [7, 11) is 0. The highest BCUT2D eigenvalue weighted by molar-refractivity contribution is 7.99. The molecule has 1 unspecified atom stereocenters. The zero-order chi connectivity index (χ0) is 9.94. The van der Waals surface area contributed by atoms with E-state index < -0.39 is 0 Å².